The lowest BCUT2D eigenvalue weighted by Gasteiger charge is -2.20. The molecule has 0 heterocycles. The number of benzene rings is 2. The first-order valence-corrected chi connectivity index (χ1v) is 9.87. The average Bonchev–Trinajstić information content (AvgIpc) is 2.53. The number of halogens is 3. The van der Waals surface area contributed by atoms with Crippen LogP contribution < -0.4 is 0 Å². The van der Waals surface area contributed by atoms with Crippen molar-refractivity contribution in [1.82, 2.24) is 0 Å². The minimum Gasteiger partial charge on any atom is -0.224 e. The van der Waals surface area contributed by atoms with Crippen LogP contribution in [0.3, 0.4) is 0 Å². The zero-order chi connectivity index (χ0) is 18.8. The highest BCUT2D eigenvalue weighted by molar-refractivity contribution is 7.90. The standard InChI is InChI=1S/C19H21F3O2S/c1-12(14-7-9-15(10-8-14)25(3,23)24)11-13(2)16-5-4-6-17(18(16)20)19(21)22/h4-10,12-13,19H,11H2,1-3H3. The van der Waals surface area contributed by atoms with Gasteiger partial charge in [-0.3, -0.25) is 0 Å². The Morgan fingerprint density at radius 1 is 0.920 bits per heavy atom. The van der Waals surface area contributed by atoms with Crippen LogP contribution in [-0.4, -0.2) is 14.7 Å². The van der Waals surface area contributed by atoms with E-state index in [0.717, 1.165) is 17.9 Å². The molecule has 0 spiro atoms. The van der Waals surface area contributed by atoms with E-state index in [1.54, 1.807) is 31.2 Å². The molecule has 0 aliphatic rings. The molecule has 0 aliphatic heterocycles. The van der Waals surface area contributed by atoms with Crippen molar-refractivity contribution in [2.45, 2.75) is 43.4 Å². The second kappa shape index (κ2) is 7.60. The summed E-state index contributed by atoms with van der Waals surface area (Å²) >= 11 is 0. The Bertz CT molecular complexity index is 830. The predicted molar refractivity (Wildman–Crippen MR) is 92.4 cm³/mol. The largest absolute Gasteiger partial charge is 0.266 e. The van der Waals surface area contributed by atoms with Crippen molar-refractivity contribution in [3.05, 3.63) is 65.0 Å². The third-order valence-electron chi connectivity index (χ3n) is 4.41. The SMILES string of the molecule is CC(CC(C)c1cccc(C(F)F)c1F)c1ccc(S(C)(=O)=O)cc1. The van der Waals surface area contributed by atoms with Crippen LogP contribution >= 0.6 is 0 Å². The maximum atomic E-state index is 14.3. The van der Waals surface area contributed by atoms with Crippen LogP contribution in [0.1, 0.15) is 55.2 Å². The van der Waals surface area contributed by atoms with Gasteiger partial charge in [-0.2, -0.15) is 0 Å². The van der Waals surface area contributed by atoms with E-state index in [0.29, 0.717) is 6.42 Å². The molecular weight excluding hydrogens is 349 g/mol. The quantitative estimate of drug-likeness (QED) is 0.676. The Morgan fingerprint density at radius 3 is 2.00 bits per heavy atom. The van der Waals surface area contributed by atoms with E-state index in [9.17, 15) is 21.6 Å². The van der Waals surface area contributed by atoms with E-state index in [4.69, 9.17) is 0 Å². The molecule has 0 bridgehead atoms. The Morgan fingerprint density at radius 2 is 1.48 bits per heavy atom. The number of hydrogen-bond acceptors (Lipinski definition) is 2. The average molecular weight is 370 g/mol. The van der Waals surface area contributed by atoms with Crippen molar-refractivity contribution in [3.8, 4) is 0 Å². The molecule has 2 unspecified atom stereocenters. The van der Waals surface area contributed by atoms with Crippen LogP contribution in [0.15, 0.2) is 47.4 Å². The molecular formula is C19H21F3O2S. The lowest BCUT2D eigenvalue weighted by Crippen LogP contribution is -2.06. The van der Waals surface area contributed by atoms with Crippen LogP contribution in [0.25, 0.3) is 0 Å². The fraction of sp³-hybridized carbons (Fsp3) is 0.368. The smallest absolute Gasteiger partial charge is 0.224 e. The maximum absolute atomic E-state index is 14.3. The molecule has 0 saturated heterocycles. The third-order valence-corrected chi connectivity index (χ3v) is 5.54. The zero-order valence-corrected chi connectivity index (χ0v) is 15.2. The minimum absolute atomic E-state index is 0.0261. The van der Waals surface area contributed by atoms with Gasteiger partial charge in [0.15, 0.2) is 9.84 Å². The minimum atomic E-state index is -3.25. The van der Waals surface area contributed by atoms with Crippen molar-refractivity contribution < 1.29 is 21.6 Å². The van der Waals surface area contributed by atoms with Crippen molar-refractivity contribution in [2.24, 2.45) is 0 Å². The van der Waals surface area contributed by atoms with Crippen molar-refractivity contribution in [1.29, 1.82) is 0 Å². The van der Waals surface area contributed by atoms with Crippen LogP contribution in [0.4, 0.5) is 13.2 Å². The van der Waals surface area contributed by atoms with Gasteiger partial charge in [0.2, 0.25) is 0 Å². The summed E-state index contributed by atoms with van der Waals surface area (Å²) in [5.41, 5.74) is 0.622. The molecule has 136 valence electrons. The topological polar surface area (TPSA) is 34.1 Å². The van der Waals surface area contributed by atoms with Gasteiger partial charge in [-0.1, -0.05) is 44.2 Å². The maximum Gasteiger partial charge on any atom is 0.266 e. The number of alkyl halides is 2. The fourth-order valence-corrected chi connectivity index (χ4v) is 3.58. The van der Waals surface area contributed by atoms with Crippen LogP contribution in [0.5, 0.6) is 0 Å². The summed E-state index contributed by atoms with van der Waals surface area (Å²) in [4.78, 5) is 0.243. The van der Waals surface area contributed by atoms with E-state index in [1.807, 2.05) is 6.92 Å². The van der Waals surface area contributed by atoms with Gasteiger partial charge in [-0.15, -0.1) is 0 Å². The molecule has 0 fully saturated rings. The molecule has 2 rings (SSSR count). The predicted octanol–water partition coefficient (Wildman–Crippen LogP) is 5.46. The molecule has 0 N–H and O–H groups in total. The molecule has 2 nitrogen and oxygen atoms in total. The van der Waals surface area contributed by atoms with Gasteiger partial charge >= 0.3 is 0 Å². The van der Waals surface area contributed by atoms with Gasteiger partial charge in [0, 0.05) is 6.26 Å². The van der Waals surface area contributed by atoms with E-state index in [2.05, 4.69) is 0 Å². The van der Waals surface area contributed by atoms with E-state index in [-0.39, 0.29) is 22.3 Å². The van der Waals surface area contributed by atoms with Crippen molar-refractivity contribution in [3.63, 3.8) is 0 Å². The van der Waals surface area contributed by atoms with Gasteiger partial charge in [-0.05, 0) is 41.5 Å². The Hall–Kier alpha value is -1.82. The van der Waals surface area contributed by atoms with Crippen molar-refractivity contribution >= 4 is 9.84 Å². The van der Waals surface area contributed by atoms with Crippen LogP contribution in [-0.2, 0) is 9.84 Å². The Labute approximate surface area is 146 Å². The molecule has 0 aromatic heterocycles. The lowest BCUT2D eigenvalue weighted by molar-refractivity contribution is 0.146. The summed E-state index contributed by atoms with van der Waals surface area (Å²) in [5, 5.41) is 0. The Kier molecular flexibility index (Phi) is 5.93. The second-order valence-electron chi connectivity index (χ2n) is 6.43. The monoisotopic (exact) mass is 370 g/mol. The van der Waals surface area contributed by atoms with Crippen LogP contribution in [0, 0.1) is 5.82 Å². The van der Waals surface area contributed by atoms with E-state index < -0.39 is 27.6 Å². The molecule has 6 heteroatoms. The summed E-state index contributed by atoms with van der Waals surface area (Å²) in [7, 11) is -3.25. The van der Waals surface area contributed by atoms with Gasteiger partial charge in [0.25, 0.3) is 6.43 Å². The fourth-order valence-electron chi connectivity index (χ4n) is 2.95. The molecule has 0 aliphatic carbocycles. The molecule has 0 saturated carbocycles. The lowest BCUT2D eigenvalue weighted by atomic mass is 9.86. The number of hydrogen-bond donors (Lipinski definition) is 0. The summed E-state index contributed by atoms with van der Waals surface area (Å²) < 4.78 is 62.9. The highest BCUT2D eigenvalue weighted by Gasteiger charge is 2.21. The molecule has 2 atom stereocenters. The number of sulfone groups is 1. The van der Waals surface area contributed by atoms with Gasteiger partial charge in [-0.25, -0.2) is 21.6 Å². The molecule has 0 amide bonds. The van der Waals surface area contributed by atoms with Crippen LogP contribution in [0.2, 0.25) is 0 Å². The third kappa shape index (κ3) is 4.63. The van der Waals surface area contributed by atoms with Gasteiger partial charge < -0.3 is 0 Å². The molecule has 2 aromatic rings. The normalized spacial score (nSPS) is 14.5. The molecule has 0 radical (unpaired) electrons. The molecule has 25 heavy (non-hydrogen) atoms. The number of rotatable bonds is 6. The zero-order valence-electron chi connectivity index (χ0n) is 14.3. The highest BCUT2D eigenvalue weighted by atomic mass is 32.2. The first kappa shape index (κ1) is 19.5. The van der Waals surface area contributed by atoms with Gasteiger partial charge in [0.05, 0.1) is 10.5 Å². The van der Waals surface area contributed by atoms with E-state index >= 15 is 0 Å². The first-order chi connectivity index (χ1) is 11.6. The summed E-state index contributed by atoms with van der Waals surface area (Å²) in [6.45, 7) is 3.75. The first-order valence-electron chi connectivity index (χ1n) is 7.97. The van der Waals surface area contributed by atoms with Crippen molar-refractivity contribution in [2.75, 3.05) is 6.26 Å². The summed E-state index contributed by atoms with van der Waals surface area (Å²) in [5.74, 6) is -1.06. The van der Waals surface area contributed by atoms with E-state index in [1.165, 1.54) is 12.1 Å². The Balaban J connectivity index is 2.18. The molecule has 2 aromatic carbocycles. The summed E-state index contributed by atoms with van der Waals surface area (Å²) in [6.07, 6.45) is -1.14. The summed E-state index contributed by atoms with van der Waals surface area (Å²) in [6, 6.07) is 10.6. The second-order valence-corrected chi connectivity index (χ2v) is 8.45. The van der Waals surface area contributed by atoms with Gasteiger partial charge in [0.1, 0.15) is 5.82 Å². The highest BCUT2D eigenvalue weighted by Crippen LogP contribution is 2.33.